The molecule has 1 N–H and O–H groups in total. The Labute approximate surface area is 108 Å². The van der Waals surface area contributed by atoms with Crippen molar-refractivity contribution < 1.29 is 16.8 Å². The molecule has 1 atom stereocenters. The molecular formula is C9H18ClNO4S2. The second-order valence-electron chi connectivity index (χ2n) is 4.19. The van der Waals surface area contributed by atoms with E-state index in [0.29, 0.717) is 31.6 Å². The predicted octanol–water partition coefficient (Wildman–Crippen LogP) is 0.502. The number of sulfone groups is 1. The first-order chi connectivity index (χ1) is 7.87. The molecule has 0 aliphatic carbocycles. The van der Waals surface area contributed by atoms with Crippen molar-refractivity contribution in [1.29, 1.82) is 0 Å². The molecular weight excluding hydrogens is 286 g/mol. The van der Waals surface area contributed by atoms with Crippen molar-refractivity contribution in [2.45, 2.75) is 30.9 Å². The van der Waals surface area contributed by atoms with Gasteiger partial charge in [0.15, 0.2) is 9.84 Å². The van der Waals surface area contributed by atoms with Gasteiger partial charge in [0.2, 0.25) is 10.0 Å². The van der Waals surface area contributed by atoms with Crippen LogP contribution in [0.5, 0.6) is 0 Å². The minimum Gasteiger partial charge on any atom is -0.229 e. The van der Waals surface area contributed by atoms with E-state index in [-0.39, 0.29) is 18.1 Å². The number of hydrogen-bond donors (Lipinski definition) is 1. The normalized spacial score (nSPS) is 23.9. The highest BCUT2D eigenvalue weighted by atomic mass is 35.5. The maximum absolute atomic E-state index is 11.5. The first-order valence-corrected chi connectivity index (χ1v) is 9.52. The first kappa shape index (κ1) is 15.2. The molecule has 1 rings (SSSR count). The standard InChI is InChI=1S/C9H18ClNO4S2/c10-5-1-2-7-17(14,15)11-8-9-4-3-6-16(9,12)13/h9,11H,1-8H2. The summed E-state index contributed by atoms with van der Waals surface area (Å²) in [4.78, 5) is 0. The Morgan fingerprint density at radius 1 is 1.29 bits per heavy atom. The summed E-state index contributed by atoms with van der Waals surface area (Å²) in [7, 11) is -6.45. The van der Waals surface area contributed by atoms with Crippen LogP contribution >= 0.6 is 11.6 Å². The van der Waals surface area contributed by atoms with Gasteiger partial charge in [-0.05, 0) is 25.7 Å². The van der Waals surface area contributed by atoms with Crippen molar-refractivity contribution in [2.24, 2.45) is 0 Å². The van der Waals surface area contributed by atoms with Gasteiger partial charge in [-0.2, -0.15) is 0 Å². The number of hydrogen-bond acceptors (Lipinski definition) is 4. The molecule has 0 amide bonds. The van der Waals surface area contributed by atoms with Crippen LogP contribution < -0.4 is 4.72 Å². The second kappa shape index (κ2) is 6.36. The van der Waals surface area contributed by atoms with Crippen LogP contribution in [-0.4, -0.2) is 46.0 Å². The van der Waals surface area contributed by atoms with Crippen molar-refractivity contribution >= 4 is 31.5 Å². The summed E-state index contributed by atoms with van der Waals surface area (Å²) in [5.74, 6) is 0.616. The van der Waals surface area contributed by atoms with Crippen molar-refractivity contribution in [3.8, 4) is 0 Å². The van der Waals surface area contributed by atoms with Gasteiger partial charge in [-0.25, -0.2) is 21.6 Å². The molecule has 1 unspecified atom stereocenters. The molecule has 0 spiro atoms. The lowest BCUT2D eigenvalue weighted by molar-refractivity contribution is 0.568. The summed E-state index contributed by atoms with van der Waals surface area (Å²) in [6, 6.07) is 0. The smallest absolute Gasteiger partial charge is 0.211 e. The van der Waals surface area contributed by atoms with Crippen molar-refractivity contribution in [2.75, 3.05) is 23.9 Å². The average Bonchev–Trinajstić information content (AvgIpc) is 2.55. The Kier molecular flexibility index (Phi) is 5.69. The fourth-order valence-corrected chi connectivity index (χ4v) is 5.01. The van der Waals surface area contributed by atoms with E-state index in [2.05, 4.69) is 4.72 Å². The maximum Gasteiger partial charge on any atom is 0.211 e. The SMILES string of the molecule is O=S(=O)(CCCCCl)NCC1CCCS1(=O)=O. The van der Waals surface area contributed by atoms with Gasteiger partial charge in [-0.1, -0.05) is 0 Å². The van der Waals surface area contributed by atoms with Crippen LogP contribution in [0.2, 0.25) is 0 Å². The molecule has 0 radical (unpaired) electrons. The lowest BCUT2D eigenvalue weighted by atomic mass is 10.2. The third kappa shape index (κ3) is 5.11. The number of halogens is 1. The Morgan fingerprint density at radius 3 is 2.53 bits per heavy atom. The second-order valence-corrected chi connectivity index (χ2v) is 8.90. The van der Waals surface area contributed by atoms with Crippen LogP contribution in [0.1, 0.15) is 25.7 Å². The zero-order valence-corrected chi connectivity index (χ0v) is 12.0. The van der Waals surface area contributed by atoms with Crippen molar-refractivity contribution in [3.63, 3.8) is 0 Å². The number of rotatable bonds is 7. The number of nitrogens with one attached hydrogen (secondary N) is 1. The minimum atomic E-state index is -3.36. The molecule has 1 heterocycles. The molecule has 5 nitrogen and oxygen atoms in total. The fraction of sp³-hybridized carbons (Fsp3) is 1.00. The Morgan fingerprint density at radius 2 is 2.00 bits per heavy atom. The summed E-state index contributed by atoms with van der Waals surface area (Å²) in [5.41, 5.74) is 0. The quantitative estimate of drug-likeness (QED) is 0.549. The summed E-state index contributed by atoms with van der Waals surface area (Å²) < 4.78 is 48.4. The Balaban J connectivity index is 2.39. The van der Waals surface area contributed by atoms with E-state index < -0.39 is 25.1 Å². The highest BCUT2D eigenvalue weighted by molar-refractivity contribution is 7.92. The van der Waals surface area contributed by atoms with Crippen molar-refractivity contribution in [1.82, 2.24) is 4.72 Å². The van der Waals surface area contributed by atoms with E-state index in [1.807, 2.05) is 0 Å². The lowest BCUT2D eigenvalue weighted by Gasteiger charge is -2.11. The highest BCUT2D eigenvalue weighted by Gasteiger charge is 2.31. The molecule has 8 heteroatoms. The van der Waals surface area contributed by atoms with E-state index in [0.717, 1.165) is 0 Å². The van der Waals surface area contributed by atoms with Crippen LogP contribution in [0.3, 0.4) is 0 Å². The zero-order valence-electron chi connectivity index (χ0n) is 9.56. The summed E-state index contributed by atoms with van der Waals surface area (Å²) >= 11 is 5.45. The molecule has 1 aliphatic rings. The van der Waals surface area contributed by atoms with Gasteiger partial charge < -0.3 is 0 Å². The molecule has 1 saturated heterocycles. The molecule has 1 aliphatic heterocycles. The average molecular weight is 304 g/mol. The zero-order chi connectivity index (χ0) is 12.9. The molecule has 0 aromatic rings. The van der Waals surface area contributed by atoms with E-state index in [1.54, 1.807) is 0 Å². The third-order valence-corrected chi connectivity index (χ3v) is 6.77. The number of alkyl halides is 1. The fourth-order valence-electron chi connectivity index (χ4n) is 1.77. The molecule has 0 aromatic carbocycles. The lowest BCUT2D eigenvalue weighted by Crippen LogP contribution is -2.35. The topological polar surface area (TPSA) is 80.3 Å². The van der Waals surface area contributed by atoms with Crippen LogP contribution in [0, 0.1) is 0 Å². The molecule has 102 valence electrons. The van der Waals surface area contributed by atoms with Crippen LogP contribution in [-0.2, 0) is 19.9 Å². The Hall–Kier alpha value is 0.150. The van der Waals surface area contributed by atoms with E-state index in [1.165, 1.54) is 0 Å². The van der Waals surface area contributed by atoms with E-state index in [9.17, 15) is 16.8 Å². The highest BCUT2D eigenvalue weighted by Crippen LogP contribution is 2.19. The molecule has 0 aromatic heterocycles. The summed E-state index contributed by atoms with van der Waals surface area (Å²) in [5, 5.41) is -0.551. The molecule has 0 bridgehead atoms. The first-order valence-electron chi connectivity index (χ1n) is 5.62. The summed E-state index contributed by atoms with van der Waals surface area (Å²) in [6.45, 7) is 0.00550. The molecule has 0 saturated carbocycles. The van der Waals surface area contributed by atoms with Gasteiger partial charge in [0.1, 0.15) is 0 Å². The van der Waals surface area contributed by atoms with E-state index >= 15 is 0 Å². The third-order valence-electron chi connectivity index (χ3n) is 2.79. The van der Waals surface area contributed by atoms with Gasteiger partial charge in [0.05, 0.1) is 16.8 Å². The Bertz CT molecular complexity index is 432. The van der Waals surface area contributed by atoms with Gasteiger partial charge in [-0.15, -0.1) is 11.6 Å². The van der Waals surface area contributed by atoms with Gasteiger partial charge in [0, 0.05) is 12.4 Å². The van der Waals surface area contributed by atoms with Gasteiger partial charge in [0.25, 0.3) is 0 Å². The predicted molar refractivity (Wildman–Crippen MR) is 68.6 cm³/mol. The monoisotopic (exact) mass is 303 g/mol. The minimum absolute atomic E-state index is 0.00550. The van der Waals surface area contributed by atoms with E-state index in [4.69, 9.17) is 11.6 Å². The largest absolute Gasteiger partial charge is 0.229 e. The van der Waals surface area contributed by atoms with Gasteiger partial charge >= 0.3 is 0 Å². The van der Waals surface area contributed by atoms with Gasteiger partial charge in [-0.3, -0.25) is 0 Å². The number of sulfonamides is 1. The maximum atomic E-state index is 11.5. The van der Waals surface area contributed by atoms with Crippen LogP contribution in [0.25, 0.3) is 0 Å². The molecule has 17 heavy (non-hydrogen) atoms. The van der Waals surface area contributed by atoms with Crippen molar-refractivity contribution in [3.05, 3.63) is 0 Å². The molecule has 1 fully saturated rings. The summed E-state index contributed by atoms with van der Waals surface area (Å²) in [6.07, 6.45) is 2.31. The van der Waals surface area contributed by atoms with Crippen LogP contribution in [0.4, 0.5) is 0 Å². The van der Waals surface area contributed by atoms with Crippen LogP contribution in [0.15, 0.2) is 0 Å². The number of unbranched alkanes of at least 4 members (excludes halogenated alkanes) is 1.